The zero-order valence-corrected chi connectivity index (χ0v) is 10.8. The molecule has 1 aliphatic carbocycles. The summed E-state index contributed by atoms with van der Waals surface area (Å²) in [6.07, 6.45) is 4.84. The highest BCUT2D eigenvalue weighted by Gasteiger charge is 2.35. The standard InChI is InChI=1S/C14H17ClO2/c1-14(16-6-7-17-14)12-8-10-4-2-3-5-11(10)9-13(12)15/h8-9H,2-7H2,1H3. The fourth-order valence-corrected chi connectivity index (χ4v) is 3.13. The van der Waals surface area contributed by atoms with Crippen molar-refractivity contribution in [3.63, 3.8) is 0 Å². The summed E-state index contributed by atoms with van der Waals surface area (Å²) in [5.41, 5.74) is 3.79. The van der Waals surface area contributed by atoms with Crippen LogP contribution in [0.2, 0.25) is 5.02 Å². The van der Waals surface area contributed by atoms with Crippen molar-refractivity contribution in [2.75, 3.05) is 13.2 Å². The molecule has 0 N–H and O–H groups in total. The summed E-state index contributed by atoms with van der Waals surface area (Å²) in [6, 6.07) is 4.28. The molecule has 0 bridgehead atoms. The predicted octanol–water partition coefficient (Wildman–Crippen LogP) is 3.44. The molecule has 0 spiro atoms. The monoisotopic (exact) mass is 252 g/mol. The van der Waals surface area contributed by atoms with Gasteiger partial charge >= 0.3 is 0 Å². The van der Waals surface area contributed by atoms with Crippen molar-refractivity contribution in [2.24, 2.45) is 0 Å². The van der Waals surface area contributed by atoms with E-state index in [1.807, 2.05) is 6.92 Å². The maximum atomic E-state index is 6.37. The van der Waals surface area contributed by atoms with Crippen molar-refractivity contribution in [3.8, 4) is 0 Å². The van der Waals surface area contributed by atoms with Gasteiger partial charge in [-0.15, -0.1) is 0 Å². The topological polar surface area (TPSA) is 18.5 Å². The van der Waals surface area contributed by atoms with E-state index in [0.717, 1.165) is 23.4 Å². The fourth-order valence-electron chi connectivity index (χ4n) is 2.77. The Bertz CT molecular complexity index is 436. The Morgan fingerprint density at radius 2 is 1.65 bits per heavy atom. The van der Waals surface area contributed by atoms with Crippen LogP contribution in [0, 0.1) is 0 Å². The lowest BCUT2D eigenvalue weighted by Crippen LogP contribution is -2.23. The fraction of sp³-hybridized carbons (Fsp3) is 0.571. The molecule has 17 heavy (non-hydrogen) atoms. The zero-order valence-electron chi connectivity index (χ0n) is 10.1. The molecular formula is C14H17ClO2. The first-order valence-electron chi connectivity index (χ1n) is 6.29. The SMILES string of the molecule is CC1(c2cc3c(cc2Cl)CCCC3)OCCO1. The molecule has 0 saturated carbocycles. The number of halogens is 1. The van der Waals surface area contributed by atoms with Gasteiger partial charge in [0.2, 0.25) is 0 Å². The molecule has 1 fully saturated rings. The molecule has 1 aromatic rings. The van der Waals surface area contributed by atoms with Crippen LogP contribution in [-0.4, -0.2) is 13.2 Å². The van der Waals surface area contributed by atoms with Crippen LogP contribution in [-0.2, 0) is 28.1 Å². The Morgan fingerprint density at radius 3 is 2.29 bits per heavy atom. The number of hydrogen-bond acceptors (Lipinski definition) is 2. The summed E-state index contributed by atoms with van der Waals surface area (Å²) in [6.45, 7) is 3.24. The summed E-state index contributed by atoms with van der Waals surface area (Å²) in [7, 11) is 0. The van der Waals surface area contributed by atoms with Crippen molar-refractivity contribution in [2.45, 2.75) is 38.4 Å². The Kier molecular flexibility index (Phi) is 2.89. The lowest BCUT2D eigenvalue weighted by Gasteiger charge is -2.26. The highest BCUT2D eigenvalue weighted by atomic mass is 35.5. The minimum atomic E-state index is -0.649. The Labute approximate surface area is 107 Å². The van der Waals surface area contributed by atoms with Crippen molar-refractivity contribution in [3.05, 3.63) is 33.8 Å². The molecule has 2 nitrogen and oxygen atoms in total. The first-order chi connectivity index (χ1) is 8.19. The van der Waals surface area contributed by atoms with Gasteiger partial charge in [-0.05, 0) is 55.9 Å². The predicted molar refractivity (Wildman–Crippen MR) is 67.4 cm³/mol. The highest BCUT2D eigenvalue weighted by molar-refractivity contribution is 6.31. The van der Waals surface area contributed by atoms with Gasteiger partial charge in [0.1, 0.15) is 0 Å². The number of fused-ring (bicyclic) bond motifs is 1. The average molecular weight is 253 g/mol. The van der Waals surface area contributed by atoms with Crippen molar-refractivity contribution >= 4 is 11.6 Å². The lowest BCUT2D eigenvalue weighted by atomic mass is 9.89. The van der Waals surface area contributed by atoms with E-state index < -0.39 is 5.79 Å². The number of benzene rings is 1. The van der Waals surface area contributed by atoms with Gasteiger partial charge in [0.05, 0.1) is 13.2 Å². The third-order valence-corrected chi connectivity index (χ3v) is 4.07. The Morgan fingerprint density at radius 1 is 1.06 bits per heavy atom. The van der Waals surface area contributed by atoms with E-state index in [2.05, 4.69) is 12.1 Å². The van der Waals surface area contributed by atoms with Gasteiger partial charge in [-0.2, -0.15) is 0 Å². The third kappa shape index (κ3) is 1.99. The van der Waals surface area contributed by atoms with Gasteiger partial charge in [0.25, 0.3) is 0 Å². The summed E-state index contributed by atoms with van der Waals surface area (Å²) in [4.78, 5) is 0. The van der Waals surface area contributed by atoms with E-state index in [4.69, 9.17) is 21.1 Å². The number of aryl methyl sites for hydroxylation is 2. The van der Waals surface area contributed by atoms with Crippen LogP contribution >= 0.6 is 11.6 Å². The largest absolute Gasteiger partial charge is 0.344 e. The molecule has 2 aliphatic rings. The van der Waals surface area contributed by atoms with Crippen LogP contribution in [0.4, 0.5) is 0 Å². The van der Waals surface area contributed by atoms with Crippen LogP contribution in [0.1, 0.15) is 36.5 Å². The number of ether oxygens (including phenoxy) is 2. The minimum Gasteiger partial charge on any atom is -0.344 e. The Balaban J connectivity index is 2.04. The van der Waals surface area contributed by atoms with E-state index in [0.29, 0.717) is 13.2 Å². The molecule has 0 amide bonds. The summed E-state index contributed by atoms with van der Waals surface area (Å²) in [5, 5.41) is 0.773. The van der Waals surface area contributed by atoms with Gasteiger partial charge < -0.3 is 9.47 Å². The third-order valence-electron chi connectivity index (χ3n) is 3.76. The molecule has 1 aromatic carbocycles. The molecular weight excluding hydrogens is 236 g/mol. The molecule has 1 aliphatic heterocycles. The van der Waals surface area contributed by atoms with Crippen LogP contribution in [0.5, 0.6) is 0 Å². The minimum absolute atomic E-state index is 0.643. The van der Waals surface area contributed by atoms with Crippen LogP contribution < -0.4 is 0 Å². The van der Waals surface area contributed by atoms with Crippen LogP contribution in [0.3, 0.4) is 0 Å². The smallest absolute Gasteiger partial charge is 0.193 e. The number of hydrogen-bond donors (Lipinski definition) is 0. The van der Waals surface area contributed by atoms with Gasteiger partial charge in [0.15, 0.2) is 5.79 Å². The molecule has 3 heteroatoms. The summed E-state index contributed by atoms with van der Waals surface area (Å²) >= 11 is 6.37. The molecule has 0 atom stereocenters. The quantitative estimate of drug-likeness (QED) is 0.762. The highest BCUT2D eigenvalue weighted by Crippen LogP contribution is 2.38. The van der Waals surface area contributed by atoms with Crippen molar-refractivity contribution in [1.29, 1.82) is 0 Å². The van der Waals surface area contributed by atoms with Gasteiger partial charge in [-0.3, -0.25) is 0 Å². The molecule has 0 aromatic heterocycles. The van der Waals surface area contributed by atoms with Crippen molar-refractivity contribution in [1.82, 2.24) is 0 Å². The first kappa shape index (κ1) is 11.5. The molecule has 1 heterocycles. The van der Waals surface area contributed by atoms with E-state index in [9.17, 15) is 0 Å². The maximum Gasteiger partial charge on any atom is 0.193 e. The Hall–Kier alpha value is -0.570. The van der Waals surface area contributed by atoms with Gasteiger partial charge in [0, 0.05) is 10.6 Å². The lowest BCUT2D eigenvalue weighted by molar-refractivity contribution is -0.149. The number of rotatable bonds is 1. The van der Waals surface area contributed by atoms with Crippen LogP contribution in [0.15, 0.2) is 12.1 Å². The molecule has 0 radical (unpaired) electrons. The van der Waals surface area contributed by atoms with Gasteiger partial charge in [-0.1, -0.05) is 11.6 Å². The van der Waals surface area contributed by atoms with E-state index >= 15 is 0 Å². The first-order valence-corrected chi connectivity index (χ1v) is 6.66. The second-order valence-electron chi connectivity index (χ2n) is 4.95. The normalized spacial score (nSPS) is 22.5. The second-order valence-corrected chi connectivity index (χ2v) is 5.36. The molecule has 1 saturated heterocycles. The molecule has 3 rings (SSSR count). The molecule has 0 unspecified atom stereocenters. The van der Waals surface area contributed by atoms with E-state index in [1.54, 1.807) is 0 Å². The summed E-state index contributed by atoms with van der Waals surface area (Å²) < 4.78 is 11.4. The maximum absolute atomic E-state index is 6.37. The average Bonchev–Trinajstić information content (AvgIpc) is 2.76. The van der Waals surface area contributed by atoms with Gasteiger partial charge in [-0.25, -0.2) is 0 Å². The summed E-state index contributed by atoms with van der Waals surface area (Å²) in [5.74, 6) is -0.649. The van der Waals surface area contributed by atoms with E-state index in [1.165, 1.54) is 24.0 Å². The second kappa shape index (κ2) is 4.27. The van der Waals surface area contributed by atoms with Crippen molar-refractivity contribution < 1.29 is 9.47 Å². The van der Waals surface area contributed by atoms with Crippen LogP contribution in [0.25, 0.3) is 0 Å². The molecule has 92 valence electrons. The van der Waals surface area contributed by atoms with E-state index in [-0.39, 0.29) is 0 Å². The zero-order chi connectivity index (χ0) is 11.9.